The van der Waals surface area contributed by atoms with E-state index in [0.717, 1.165) is 11.1 Å². The summed E-state index contributed by atoms with van der Waals surface area (Å²) in [5.41, 5.74) is 7.66. The van der Waals surface area contributed by atoms with Gasteiger partial charge >= 0.3 is 0 Å². The van der Waals surface area contributed by atoms with E-state index in [1.54, 1.807) is 12.1 Å². The number of hydrogen-bond donors (Lipinski definition) is 1. The van der Waals surface area contributed by atoms with Gasteiger partial charge in [-0.15, -0.1) is 11.6 Å². The molecular weight excluding hydrogens is 174 g/mol. The van der Waals surface area contributed by atoms with Crippen LogP contribution in [0.25, 0.3) is 0 Å². The van der Waals surface area contributed by atoms with Gasteiger partial charge in [-0.25, -0.2) is 0 Å². The van der Waals surface area contributed by atoms with Gasteiger partial charge in [-0.05, 0) is 30.2 Å². The van der Waals surface area contributed by atoms with Gasteiger partial charge in [0.2, 0.25) is 5.91 Å². The Balaban J connectivity index is 3.10. The molecule has 0 saturated heterocycles. The average Bonchev–Trinajstić information content (AvgIpc) is 2.04. The maximum Gasteiger partial charge on any atom is 0.248 e. The summed E-state index contributed by atoms with van der Waals surface area (Å²) in [6, 6.07) is 5.26. The van der Waals surface area contributed by atoms with E-state index in [9.17, 15) is 4.79 Å². The fourth-order valence-corrected chi connectivity index (χ4v) is 1.30. The van der Waals surface area contributed by atoms with Crippen LogP contribution in [-0.4, -0.2) is 5.91 Å². The minimum absolute atomic E-state index is 0.403. The van der Waals surface area contributed by atoms with Crippen LogP contribution in [0.3, 0.4) is 0 Å². The molecule has 1 aromatic carbocycles. The predicted molar refractivity (Wildman–Crippen MR) is 49.3 cm³/mol. The molecule has 0 bridgehead atoms. The number of alkyl halides is 1. The van der Waals surface area contributed by atoms with E-state index in [0.29, 0.717) is 11.4 Å². The zero-order chi connectivity index (χ0) is 9.14. The zero-order valence-corrected chi connectivity index (χ0v) is 7.56. The summed E-state index contributed by atoms with van der Waals surface area (Å²) in [6.45, 7) is 1.91. The second-order valence-corrected chi connectivity index (χ2v) is 2.91. The third kappa shape index (κ3) is 1.77. The minimum Gasteiger partial charge on any atom is -0.366 e. The number of carbonyl (C=O) groups is 1. The lowest BCUT2D eigenvalue weighted by molar-refractivity contribution is 0.1000. The van der Waals surface area contributed by atoms with Crippen molar-refractivity contribution in [3.05, 3.63) is 34.9 Å². The Morgan fingerprint density at radius 1 is 1.58 bits per heavy atom. The monoisotopic (exact) mass is 183 g/mol. The number of hydrogen-bond acceptors (Lipinski definition) is 1. The highest BCUT2D eigenvalue weighted by atomic mass is 35.5. The molecule has 0 heterocycles. The van der Waals surface area contributed by atoms with Crippen molar-refractivity contribution in [1.82, 2.24) is 0 Å². The summed E-state index contributed by atoms with van der Waals surface area (Å²) >= 11 is 5.65. The van der Waals surface area contributed by atoms with Crippen LogP contribution in [0.1, 0.15) is 21.5 Å². The Kier molecular flexibility index (Phi) is 2.71. The van der Waals surface area contributed by atoms with Gasteiger partial charge in [0.05, 0.1) is 0 Å². The number of nitrogens with two attached hydrogens (primary N) is 1. The Hall–Kier alpha value is -1.02. The van der Waals surface area contributed by atoms with Crippen LogP contribution >= 0.6 is 11.6 Å². The summed E-state index contributed by atoms with van der Waals surface area (Å²) in [7, 11) is 0. The minimum atomic E-state index is -0.403. The second-order valence-electron chi connectivity index (χ2n) is 2.64. The van der Waals surface area contributed by atoms with Crippen LogP contribution < -0.4 is 5.73 Å². The first-order chi connectivity index (χ1) is 5.65. The molecule has 0 atom stereocenters. The van der Waals surface area contributed by atoms with Crippen LogP contribution in [0.5, 0.6) is 0 Å². The number of carbonyl (C=O) groups excluding carboxylic acids is 1. The van der Waals surface area contributed by atoms with Crippen molar-refractivity contribution in [3.8, 4) is 0 Å². The molecule has 3 heteroatoms. The van der Waals surface area contributed by atoms with Crippen molar-refractivity contribution in [2.24, 2.45) is 5.73 Å². The molecule has 0 aromatic heterocycles. The molecule has 0 aliphatic heterocycles. The summed E-state index contributed by atoms with van der Waals surface area (Å²) in [5, 5.41) is 0. The van der Waals surface area contributed by atoms with Crippen LogP contribution in [0.4, 0.5) is 0 Å². The van der Waals surface area contributed by atoms with E-state index in [1.807, 2.05) is 13.0 Å². The third-order valence-electron chi connectivity index (χ3n) is 1.77. The standard InChI is InChI=1S/C9H10ClNO/c1-6-4-7(9(11)12)2-3-8(6)5-10/h2-4H,5H2,1H3,(H2,11,12). The number of amides is 1. The normalized spacial score (nSPS) is 9.83. The van der Waals surface area contributed by atoms with E-state index < -0.39 is 5.91 Å². The molecule has 0 aliphatic rings. The van der Waals surface area contributed by atoms with Gasteiger partial charge in [-0.2, -0.15) is 0 Å². The van der Waals surface area contributed by atoms with Crippen molar-refractivity contribution >= 4 is 17.5 Å². The quantitative estimate of drug-likeness (QED) is 0.699. The number of aryl methyl sites for hydroxylation is 1. The molecule has 1 rings (SSSR count). The fraction of sp³-hybridized carbons (Fsp3) is 0.222. The van der Waals surface area contributed by atoms with Crippen molar-refractivity contribution in [2.45, 2.75) is 12.8 Å². The van der Waals surface area contributed by atoms with E-state index in [4.69, 9.17) is 17.3 Å². The van der Waals surface area contributed by atoms with E-state index >= 15 is 0 Å². The summed E-state index contributed by atoms with van der Waals surface area (Å²) in [4.78, 5) is 10.7. The number of rotatable bonds is 2. The number of primary amides is 1. The lowest BCUT2D eigenvalue weighted by atomic mass is 10.1. The maximum atomic E-state index is 10.7. The summed E-state index contributed by atoms with van der Waals surface area (Å²) < 4.78 is 0. The van der Waals surface area contributed by atoms with Crippen molar-refractivity contribution < 1.29 is 4.79 Å². The highest BCUT2D eigenvalue weighted by molar-refractivity contribution is 6.17. The SMILES string of the molecule is Cc1cc(C(N)=O)ccc1CCl. The predicted octanol–water partition coefficient (Wildman–Crippen LogP) is 1.83. The molecule has 1 amide bonds. The van der Waals surface area contributed by atoms with E-state index in [-0.39, 0.29) is 0 Å². The van der Waals surface area contributed by atoms with Crippen molar-refractivity contribution in [1.29, 1.82) is 0 Å². The van der Waals surface area contributed by atoms with Crippen LogP contribution in [0, 0.1) is 6.92 Å². The Bertz CT molecular complexity index is 309. The molecule has 2 N–H and O–H groups in total. The molecule has 0 unspecified atom stereocenters. The molecular formula is C9H10ClNO. The first-order valence-corrected chi connectivity index (χ1v) is 4.14. The number of benzene rings is 1. The van der Waals surface area contributed by atoms with Gasteiger partial charge in [-0.3, -0.25) is 4.79 Å². The third-order valence-corrected chi connectivity index (χ3v) is 2.06. The molecule has 0 fully saturated rings. The summed E-state index contributed by atoms with van der Waals surface area (Å²) in [6.07, 6.45) is 0. The van der Waals surface area contributed by atoms with Gasteiger partial charge < -0.3 is 5.73 Å². The molecule has 0 aliphatic carbocycles. The molecule has 2 nitrogen and oxygen atoms in total. The molecule has 1 aromatic rings. The maximum absolute atomic E-state index is 10.7. The average molecular weight is 184 g/mol. The molecule has 0 saturated carbocycles. The smallest absolute Gasteiger partial charge is 0.248 e. The lowest BCUT2D eigenvalue weighted by Gasteiger charge is -2.02. The van der Waals surface area contributed by atoms with E-state index in [1.165, 1.54) is 0 Å². The first kappa shape index (κ1) is 9.07. The lowest BCUT2D eigenvalue weighted by Crippen LogP contribution is -2.11. The van der Waals surface area contributed by atoms with Gasteiger partial charge in [0.25, 0.3) is 0 Å². The highest BCUT2D eigenvalue weighted by Crippen LogP contribution is 2.12. The topological polar surface area (TPSA) is 43.1 Å². The Morgan fingerprint density at radius 2 is 2.25 bits per heavy atom. The van der Waals surface area contributed by atoms with Crippen LogP contribution in [-0.2, 0) is 5.88 Å². The summed E-state index contributed by atoms with van der Waals surface area (Å²) in [5.74, 6) is 0.0597. The van der Waals surface area contributed by atoms with Gasteiger partial charge in [-0.1, -0.05) is 6.07 Å². The number of halogens is 1. The Morgan fingerprint density at radius 3 is 2.67 bits per heavy atom. The van der Waals surface area contributed by atoms with Crippen LogP contribution in [0.15, 0.2) is 18.2 Å². The Labute approximate surface area is 76.3 Å². The van der Waals surface area contributed by atoms with Crippen LogP contribution in [0.2, 0.25) is 0 Å². The molecule has 64 valence electrons. The van der Waals surface area contributed by atoms with Crippen molar-refractivity contribution in [3.63, 3.8) is 0 Å². The van der Waals surface area contributed by atoms with Crippen molar-refractivity contribution in [2.75, 3.05) is 0 Å². The fourth-order valence-electron chi connectivity index (χ4n) is 0.999. The van der Waals surface area contributed by atoms with Gasteiger partial charge in [0.1, 0.15) is 0 Å². The van der Waals surface area contributed by atoms with E-state index in [2.05, 4.69) is 0 Å². The molecule has 12 heavy (non-hydrogen) atoms. The van der Waals surface area contributed by atoms with Gasteiger partial charge in [0, 0.05) is 11.4 Å². The second kappa shape index (κ2) is 3.59. The largest absolute Gasteiger partial charge is 0.366 e. The zero-order valence-electron chi connectivity index (χ0n) is 6.80. The van der Waals surface area contributed by atoms with Gasteiger partial charge in [0.15, 0.2) is 0 Å². The highest BCUT2D eigenvalue weighted by Gasteiger charge is 2.02. The first-order valence-electron chi connectivity index (χ1n) is 3.60. The molecule has 0 spiro atoms. The molecule has 0 radical (unpaired) electrons.